The first-order chi connectivity index (χ1) is 9.51. The standard InChI is InChI=1S/C15H21ClN2O2/c1-11(2)10-15(20)18-13-7-5-12(6-8-13)17-14(19)4-3-9-16/h5-8,11H,3-4,9-10H2,1-2H3,(H,17,19)(H,18,20). The van der Waals surface area contributed by atoms with Crippen molar-refractivity contribution in [1.82, 2.24) is 0 Å². The highest BCUT2D eigenvalue weighted by Crippen LogP contribution is 2.15. The van der Waals surface area contributed by atoms with Crippen molar-refractivity contribution in [3.8, 4) is 0 Å². The fourth-order valence-electron chi connectivity index (χ4n) is 1.67. The zero-order chi connectivity index (χ0) is 15.0. The van der Waals surface area contributed by atoms with Crippen LogP contribution in [0, 0.1) is 5.92 Å². The number of anilines is 2. The molecule has 0 aliphatic heterocycles. The van der Waals surface area contributed by atoms with E-state index in [4.69, 9.17) is 11.6 Å². The van der Waals surface area contributed by atoms with E-state index in [0.717, 1.165) is 5.69 Å². The van der Waals surface area contributed by atoms with Crippen molar-refractivity contribution in [2.24, 2.45) is 5.92 Å². The summed E-state index contributed by atoms with van der Waals surface area (Å²) in [6, 6.07) is 7.08. The van der Waals surface area contributed by atoms with E-state index in [1.807, 2.05) is 13.8 Å². The van der Waals surface area contributed by atoms with Crippen molar-refractivity contribution in [2.75, 3.05) is 16.5 Å². The molecule has 0 saturated carbocycles. The molecule has 1 aromatic carbocycles. The maximum atomic E-state index is 11.6. The van der Waals surface area contributed by atoms with Crippen molar-refractivity contribution in [3.63, 3.8) is 0 Å². The Morgan fingerprint density at radius 2 is 1.55 bits per heavy atom. The van der Waals surface area contributed by atoms with Gasteiger partial charge in [0.1, 0.15) is 0 Å². The molecule has 5 heteroatoms. The zero-order valence-electron chi connectivity index (χ0n) is 11.9. The third kappa shape index (κ3) is 6.57. The number of hydrogen-bond acceptors (Lipinski definition) is 2. The molecule has 0 bridgehead atoms. The molecule has 0 atom stereocenters. The number of carbonyl (C=O) groups is 2. The van der Waals surface area contributed by atoms with Crippen LogP contribution in [-0.2, 0) is 9.59 Å². The van der Waals surface area contributed by atoms with Crippen LogP contribution in [0.2, 0.25) is 0 Å². The second-order valence-electron chi connectivity index (χ2n) is 5.06. The van der Waals surface area contributed by atoms with Crippen LogP contribution in [0.4, 0.5) is 11.4 Å². The molecule has 2 amide bonds. The Morgan fingerprint density at radius 3 is 2.00 bits per heavy atom. The van der Waals surface area contributed by atoms with Gasteiger partial charge in [0.15, 0.2) is 0 Å². The monoisotopic (exact) mass is 296 g/mol. The average molecular weight is 297 g/mol. The molecule has 20 heavy (non-hydrogen) atoms. The summed E-state index contributed by atoms with van der Waals surface area (Å²) in [5.41, 5.74) is 1.45. The largest absolute Gasteiger partial charge is 0.326 e. The molecule has 0 heterocycles. The van der Waals surface area contributed by atoms with E-state index in [1.54, 1.807) is 24.3 Å². The molecule has 4 nitrogen and oxygen atoms in total. The Labute approximate surface area is 124 Å². The quantitative estimate of drug-likeness (QED) is 0.755. The van der Waals surface area contributed by atoms with Gasteiger partial charge in [0.25, 0.3) is 0 Å². The molecule has 0 unspecified atom stereocenters. The van der Waals surface area contributed by atoms with E-state index in [0.29, 0.717) is 36.7 Å². The molecule has 1 aromatic rings. The van der Waals surface area contributed by atoms with E-state index in [1.165, 1.54) is 0 Å². The SMILES string of the molecule is CC(C)CC(=O)Nc1ccc(NC(=O)CCCCl)cc1. The number of carbonyl (C=O) groups excluding carboxylic acids is 2. The van der Waals surface area contributed by atoms with Crippen LogP contribution in [0.1, 0.15) is 33.1 Å². The minimum Gasteiger partial charge on any atom is -0.326 e. The Hall–Kier alpha value is -1.55. The summed E-state index contributed by atoms with van der Waals surface area (Å²) in [4.78, 5) is 23.1. The summed E-state index contributed by atoms with van der Waals surface area (Å²) >= 11 is 5.53. The van der Waals surface area contributed by atoms with Gasteiger partial charge in [-0.2, -0.15) is 0 Å². The third-order valence-electron chi connectivity index (χ3n) is 2.58. The molecule has 2 N–H and O–H groups in total. The van der Waals surface area contributed by atoms with Crippen molar-refractivity contribution in [3.05, 3.63) is 24.3 Å². The van der Waals surface area contributed by atoms with Crippen LogP contribution in [0.5, 0.6) is 0 Å². The van der Waals surface area contributed by atoms with Gasteiger partial charge in [0.2, 0.25) is 11.8 Å². The van der Waals surface area contributed by atoms with Gasteiger partial charge in [-0.3, -0.25) is 9.59 Å². The molecule has 0 saturated heterocycles. The second-order valence-corrected chi connectivity index (χ2v) is 5.44. The molecule has 0 aliphatic carbocycles. The minimum atomic E-state index is -0.0535. The van der Waals surface area contributed by atoms with Gasteiger partial charge >= 0.3 is 0 Å². The van der Waals surface area contributed by atoms with E-state index < -0.39 is 0 Å². The highest BCUT2D eigenvalue weighted by Gasteiger charge is 2.06. The molecule has 1 rings (SSSR count). The van der Waals surface area contributed by atoms with Crippen LogP contribution < -0.4 is 10.6 Å². The van der Waals surface area contributed by atoms with Crippen molar-refractivity contribution in [1.29, 1.82) is 0 Å². The van der Waals surface area contributed by atoms with Crippen LogP contribution in [0.25, 0.3) is 0 Å². The van der Waals surface area contributed by atoms with Crippen LogP contribution >= 0.6 is 11.6 Å². The maximum absolute atomic E-state index is 11.6. The summed E-state index contributed by atoms with van der Waals surface area (Å²) in [7, 11) is 0. The average Bonchev–Trinajstić information content (AvgIpc) is 2.37. The summed E-state index contributed by atoms with van der Waals surface area (Å²) in [5.74, 6) is 0.755. The number of hydrogen-bond donors (Lipinski definition) is 2. The number of halogens is 1. The van der Waals surface area contributed by atoms with Gasteiger partial charge in [-0.05, 0) is 36.6 Å². The molecular formula is C15H21ClN2O2. The van der Waals surface area contributed by atoms with Gasteiger partial charge in [-0.15, -0.1) is 11.6 Å². The fraction of sp³-hybridized carbons (Fsp3) is 0.467. The Morgan fingerprint density at radius 1 is 1.05 bits per heavy atom. The predicted octanol–water partition coefficient (Wildman–Crippen LogP) is 3.63. The molecule has 110 valence electrons. The molecule has 0 fully saturated rings. The summed E-state index contributed by atoms with van der Waals surface area (Å²) in [6.45, 7) is 4.00. The first-order valence-electron chi connectivity index (χ1n) is 6.77. The minimum absolute atomic E-state index is 0.00102. The zero-order valence-corrected chi connectivity index (χ0v) is 12.7. The molecule has 0 aromatic heterocycles. The van der Waals surface area contributed by atoms with E-state index in [9.17, 15) is 9.59 Å². The Balaban J connectivity index is 2.47. The van der Waals surface area contributed by atoms with Crippen LogP contribution in [0.15, 0.2) is 24.3 Å². The summed E-state index contributed by atoms with van der Waals surface area (Å²) < 4.78 is 0. The van der Waals surface area contributed by atoms with Crippen molar-refractivity contribution in [2.45, 2.75) is 33.1 Å². The lowest BCUT2D eigenvalue weighted by Crippen LogP contribution is -2.14. The van der Waals surface area contributed by atoms with Crippen LogP contribution in [0.3, 0.4) is 0 Å². The number of amides is 2. The second kappa shape index (κ2) is 8.59. The molecule has 0 radical (unpaired) electrons. The Bertz CT molecular complexity index is 444. The van der Waals surface area contributed by atoms with Crippen molar-refractivity contribution >= 4 is 34.8 Å². The predicted molar refractivity (Wildman–Crippen MR) is 83.1 cm³/mol. The smallest absolute Gasteiger partial charge is 0.224 e. The molecule has 0 aliphatic rings. The summed E-state index contributed by atoms with van der Waals surface area (Å²) in [5, 5.41) is 5.60. The molecular weight excluding hydrogens is 276 g/mol. The van der Waals surface area contributed by atoms with Gasteiger partial charge in [-0.25, -0.2) is 0 Å². The number of nitrogens with one attached hydrogen (secondary N) is 2. The van der Waals surface area contributed by atoms with Gasteiger partial charge in [0, 0.05) is 30.1 Å². The topological polar surface area (TPSA) is 58.2 Å². The van der Waals surface area contributed by atoms with E-state index in [2.05, 4.69) is 10.6 Å². The lowest BCUT2D eigenvalue weighted by atomic mass is 10.1. The van der Waals surface area contributed by atoms with Crippen LogP contribution in [-0.4, -0.2) is 17.7 Å². The third-order valence-corrected chi connectivity index (χ3v) is 2.85. The first kappa shape index (κ1) is 16.5. The van der Waals surface area contributed by atoms with E-state index >= 15 is 0 Å². The van der Waals surface area contributed by atoms with Crippen molar-refractivity contribution < 1.29 is 9.59 Å². The lowest BCUT2D eigenvalue weighted by molar-refractivity contribution is -0.117. The Kier molecular flexibility index (Phi) is 7.09. The normalized spacial score (nSPS) is 10.4. The number of alkyl halides is 1. The fourth-order valence-corrected chi connectivity index (χ4v) is 1.80. The van der Waals surface area contributed by atoms with Gasteiger partial charge in [-0.1, -0.05) is 13.8 Å². The lowest BCUT2D eigenvalue weighted by Gasteiger charge is -2.09. The number of benzene rings is 1. The highest BCUT2D eigenvalue weighted by molar-refractivity contribution is 6.18. The number of rotatable bonds is 7. The molecule has 0 spiro atoms. The maximum Gasteiger partial charge on any atom is 0.224 e. The van der Waals surface area contributed by atoms with E-state index in [-0.39, 0.29) is 11.8 Å². The van der Waals surface area contributed by atoms with Gasteiger partial charge in [0.05, 0.1) is 0 Å². The van der Waals surface area contributed by atoms with Gasteiger partial charge < -0.3 is 10.6 Å². The highest BCUT2D eigenvalue weighted by atomic mass is 35.5. The summed E-state index contributed by atoms with van der Waals surface area (Å²) in [6.07, 6.45) is 1.57. The first-order valence-corrected chi connectivity index (χ1v) is 7.30.